The highest BCUT2D eigenvalue weighted by atomic mass is 31.2. The molecule has 0 saturated carbocycles. The van der Waals surface area contributed by atoms with Gasteiger partial charge in [0.1, 0.15) is 6.61 Å². The molecule has 0 aromatic carbocycles. The van der Waals surface area contributed by atoms with Crippen LogP contribution in [-0.2, 0) is 28.2 Å². The molecular weight excluding hydrogens is 651 g/mol. The van der Waals surface area contributed by atoms with Gasteiger partial charge in [-0.3, -0.25) is 14.1 Å². The normalized spacial score (nSPS) is 13.1. The highest BCUT2D eigenvalue weighted by Gasteiger charge is 2.22. The molecule has 0 aliphatic carbocycles. The molecule has 0 bridgehead atoms. The highest BCUT2D eigenvalue weighted by Crippen LogP contribution is 2.36. The van der Waals surface area contributed by atoms with Gasteiger partial charge in [0.25, 0.3) is 0 Å². The first-order valence-corrected chi connectivity index (χ1v) is 21.1. The molecule has 50 heavy (non-hydrogen) atoms. The molecule has 2 N–H and O–H groups in total. The predicted molar refractivity (Wildman–Crippen MR) is 207 cm³/mol. The van der Waals surface area contributed by atoms with Crippen LogP contribution in [0.25, 0.3) is 0 Å². The molecule has 0 saturated heterocycles. The lowest BCUT2D eigenvalue weighted by Gasteiger charge is -2.18. The standard InChI is InChI=1S/C41H71O8P/c1-3-5-7-9-11-13-15-17-19-20-22-23-25-27-29-31-33-35-40(42)47-37-39(38-48-50(44,45)46)49-41(43)36-34-32-30-28-26-24-21-18-16-14-12-10-8-6-4-2/h7,9,13,15,19-20,23,25-26,28,39H,3-6,8,10-12,14,16-18,21-22,24,27,29-38H2,1-2H3,(H2,44,45,46)/b9-7+,15-13+,20-19+,25-23+,28-26+/t39-/m1/s1. The molecular formula is C41H71O8P. The van der Waals surface area contributed by atoms with E-state index in [2.05, 4.69) is 79.1 Å². The van der Waals surface area contributed by atoms with E-state index in [1.165, 1.54) is 64.2 Å². The van der Waals surface area contributed by atoms with Crippen molar-refractivity contribution in [3.63, 3.8) is 0 Å². The monoisotopic (exact) mass is 722 g/mol. The zero-order chi connectivity index (χ0) is 36.8. The molecule has 0 aromatic heterocycles. The number of ether oxygens (including phenoxy) is 2. The topological polar surface area (TPSA) is 119 Å². The minimum Gasteiger partial charge on any atom is -0.462 e. The number of carbonyl (C=O) groups excluding carboxylic acids is 2. The second-order valence-corrected chi connectivity index (χ2v) is 14.1. The van der Waals surface area contributed by atoms with Crippen LogP contribution in [0.3, 0.4) is 0 Å². The van der Waals surface area contributed by atoms with Gasteiger partial charge in [-0.1, -0.05) is 139 Å². The first kappa shape index (κ1) is 47.8. The SMILES string of the molecule is CCC/C=C/C/C=C/C/C=C/C/C=C/CCCCCC(=O)OC[C@H](COP(=O)(O)O)OC(=O)CCCC/C=C/CCCCCCCCCCC. The molecule has 0 heterocycles. The van der Waals surface area contributed by atoms with E-state index in [0.717, 1.165) is 64.2 Å². The van der Waals surface area contributed by atoms with E-state index in [4.69, 9.17) is 19.3 Å². The quantitative estimate of drug-likeness (QED) is 0.0287. The zero-order valence-corrected chi connectivity index (χ0v) is 32.4. The zero-order valence-electron chi connectivity index (χ0n) is 31.5. The fraction of sp³-hybridized carbons (Fsp3) is 0.707. The van der Waals surface area contributed by atoms with Crippen LogP contribution >= 0.6 is 7.82 Å². The van der Waals surface area contributed by atoms with Crippen LogP contribution < -0.4 is 0 Å². The Labute approximate surface area is 305 Å². The van der Waals surface area contributed by atoms with Gasteiger partial charge in [0, 0.05) is 12.8 Å². The second-order valence-electron chi connectivity index (χ2n) is 12.9. The van der Waals surface area contributed by atoms with Gasteiger partial charge in [0.2, 0.25) is 0 Å². The molecule has 0 aliphatic heterocycles. The van der Waals surface area contributed by atoms with Crippen LogP contribution in [0.5, 0.6) is 0 Å². The van der Waals surface area contributed by atoms with E-state index in [9.17, 15) is 14.2 Å². The number of allylic oxidation sites excluding steroid dienone is 10. The number of carbonyl (C=O) groups is 2. The fourth-order valence-electron chi connectivity index (χ4n) is 5.06. The third kappa shape index (κ3) is 38.6. The van der Waals surface area contributed by atoms with Crippen molar-refractivity contribution in [2.45, 2.75) is 174 Å². The predicted octanol–water partition coefficient (Wildman–Crippen LogP) is 11.7. The van der Waals surface area contributed by atoms with Crippen molar-refractivity contribution in [1.82, 2.24) is 0 Å². The van der Waals surface area contributed by atoms with Gasteiger partial charge in [-0.05, 0) is 77.0 Å². The van der Waals surface area contributed by atoms with Crippen LogP contribution in [0, 0.1) is 0 Å². The van der Waals surface area contributed by atoms with Crippen LogP contribution in [0.4, 0.5) is 0 Å². The van der Waals surface area contributed by atoms with Crippen molar-refractivity contribution >= 4 is 19.8 Å². The van der Waals surface area contributed by atoms with E-state index >= 15 is 0 Å². The van der Waals surface area contributed by atoms with E-state index < -0.39 is 32.5 Å². The number of unbranched alkanes of at least 4 members (excludes halogenated alkanes) is 15. The molecule has 0 amide bonds. The largest absolute Gasteiger partial charge is 0.469 e. The summed E-state index contributed by atoms with van der Waals surface area (Å²) in [6.07, 6.45) is 45.1. The van der Waals surface area contributed by atoms with E-state index in [1.807, 2.05) is 0 Å². The minimum atomic E-state index is -4.77. The Hall–Kier alpha value is -2.25. The Kier molecular flexibility index (Phi) is 34.9. The molecule has 0 aliphatic rings. The molecule has 8 nitrogen and oxygen atoms in total. The highest BCUT2D eigenvalue weighted by molar-refractivity contribution is 7.46. The van der Waals surface area contributed by atoms with Crippen molar-refractivity contribution < 1.29 is 37.9 Å². The number of rotatable bonds is 35. The summed E-state index contributed by atoms with van der Waals surface area (Å²) in [7, 11) is -4.77. The summed E-state index contributed by atoms with van der Waals surface area (Å²) in [6, 6.07) is 0. The minimum absolute atomic E-state index is 0.172. The fourth-order valence-corrected chi connectivity index (χ4v) is 5.42. The Bertz CT molecular complexity index is 995. The van der Waals surface area contributed by atoms with E-state index in [-0.39, 0.29) is 19.4 Å². The van der Waals surface area contributed by atoms with Gasteiger partial charge in [-0.25, -0.2) is 4.57 Å². The van der Waals surface area contributed by atoms with Crippen molar-refractivity contribution in [3.8, 4) is 0 Å². The lowest BCUT2D eigenvalue weighted by Crippen LogP contribution is -2.29. The maximum atomic E-state index is 12.4. The molecule has 0 fully saturated rings. The average Bonchev–Trinajstić information content (AvgIpc) is 3.08. The van der Waals surface area contributed by atoms with Crippen LogP contribution in [-0.4, -0.2) is 41.0 Å². The smallest absolute Gasteiger partial charge is 0.462 e. The third-order valence-corrected chi connectivity index (χ3v) is 8.48. The second kappa shape index (κ2) is 36.5. The number of phosphoric acid groups is 1. The summed E-state index contributed by atoms with van der Waals surface area (Å²) >= 11 is 0. The Balaban J connectivity index is 4.05. The Morgan fingerprint density at radius 2 is 0.940 bits per heavy atom. The first-order chi connectivity index (χ1) is 24.3. The molecule has 0 aromatic rings. The van der Waals surface area contributed by atoms with Gasteiger partial charge >= 0.3 is 19.8 Å². The summed E-state index contributed by atoms with van der Waals surface area (Å²) in [5.74, 6) is -0.951. The maximum Gasteiger partial charge on any atom is 0.469 e. The van der Waals surface area contributed by atoms with Crippen molar-refractivity contribution in [1.29, 1.82) is 0 Å². The molecule has 0 unspecified atom stereocenters. The molecule has 1 atom stereocenters. The molecule has 288 valence electrons. The van der Waals surface area contributed by atoms with Gasteiger partial charge < -0.3 is 19.3 Å². The molecule has 9 heteroatoms. The maximum absolute atomic E-state index is 12.4. The summed E-state index contributed by atoms with van der Waals surface area (Å²) in [5.41, 5.74) is 0. The Morgan fingerprint density at radius 1 is 0.520 bits per heavy atom. The third-order valence-electron chi connectivity index (χ3n) is 7.99. The van der Waals surface area contributed by atoms with Crippen molar-refractivity contribution in [3.05, 3.63) is 60.8 Å². The lowest BCUT2D eigenvalue weighted by atomic mass is 10.1. The van der Waals surface area contributed by atoms with E-state index in [0.29, 0.717) is 12.8 Å². The summed E-state index contributed by atoms with van der Waals surface area (Å²) in [5, 5.41) is 0. The summed E-state index contributed by atoms with van der Waals surface area (Å²) in [6.45, 7) is 3.56. The number of hydrogen-bond acceptors (Lipinski definition) is 6. The lowest BCUT2D eigenvalue weighted by molar-refractivity contribution is -0.161. The van der Waals surface area contributed by atoms with Crippen molar-refractivity contribution in [2.75, 3.05) is 13.2 Å². The van der Waals surface area contributed by atoms with Gasteiger partial charge in [-0.15, -0.1) is 0 Å². The molecule has 0 rings (SSSR count). The van der Waals surface area contributed by atoms with Crippen molar-refractivity contribution in [2.24, 2.45) is 0 Å². The van der Waals surface area contributed by atoms with Crippen LogP contribution in [0.1, 0.15) is 168 Å². The molecule has 0 spiro atoms. The van der Waals surface area contributed by atoms with Gasteiger partial charge in [0.05, 0.1) is 6.61 Å². The summed E-state index contributed by atoms with van der Waals surface area (Å²) in [4.78, 5) is 42.7. The summed E-state index contributed by atoms with van der Waals surface area (Å²) < 4.78 is 26.3. The van der Waals surface area contributed by atoms with Crippen LogP contribution in [0.15, 0.2) is 60.8 Å². The van der Waals surface area contributed by atoms with E-state index in [1.54, 1.807) is 0 Å². The number of esters is 2. The number of hydrogen-bond donors (Lipinski definition) is 2. The van der Waals surface area contributed by atoms with Gasteiger partial charge in [-0.2, -0.15) is 0 Å². The molecule has 0 radical (unpaired) electrons. The number of phosphoric ester groups is 1. The Morgan fingerprint density at radius 3 is 1.48 bits per heavy atom. The van der Waals surface area contributed by atoms with Crippen LogP contribution in [0.2, 0.25) is 0 Å². The average molecular weight is 723 g/mol. The van der Waals surface area contributed by atoms with Gasteiger partial charge in [0.15, 0.2) is 6.10 Å². The first-order valence-electron chi connectivity index (χ1n) is 19.6.